The van der Waals surface area contributed by atoms with E-state index in [1.807, 2.05) is 18.5 Å². The SMILES string of the molecule is c1ccc(CN2CCOCC23CCN(CCc2cccnc2)CC3)cc1. The number of aromatic nitrogens is 1. The fourth-order valence-corrected chi connectivity index (χ4v) is 4.30. The van der Waals surface area contributed by atoms with E-state index in [2.05, 4.69) is 51.2 Å². The van der Waals surface area contributed by atoms with Crippen LogP contribution in [0.25, 0.3) is 0 Å². The molecule has 1 aromatic heterocycles. The largest absolute Gasteiger partial charge is 0.378 e. The Morgan fingerprint density at radius 3 is 2.54 bits per heavy atom. The van der Waals surface area contributed by atoms with Gasteiger partial charge in [0.25, 0.3) is 0 Å². The molecule has 0 bridgehead atoms. The summed E-state index contributed by atoms with van der Waals surface area (Å²) in [6, 6.07) is 15.1. The summed E-state index contributed by atoms with van der Waals surface area (Å²) in [6.07, 6.45) is 7.32. The van der Waals surface area contributed by atoms with Crippen LogP contribution >= 0.6 is 0 Å². The minimum absolute atomic E-state index is 0.221. The predicted molar refractivity (Wildman–Crippen MR) is 104 cm³/mol. The van der Waals surface area contributed by atoms with Gasteiger partial charge in [0.15, 0.2) is 0 Å². The summed E-state index contributed by atoms with van der Waals surface area (Å²) >= 11 is 0. The standard InChI is InChI=1S/C22H29N3O/c1-2-5-21(6-3-1)18-25-15-16-26-19-22(25)9-13-24(14-10-22)12-8-20-7-4-11-23-17-20/h1-7,11,17H,8-10,12-16,18-19H2. The third kappa shape index (κ3) is 4.14. The van der Waals surface area contributed by atoms with Gasteiger partial charge < -0.3 is 9.64 Å². The first kappa shape index (κ1) is 17.7. The second-order valence-corrected chi connectivity index (χ2v) is 7.64. The molecule has 0 atom stereocenters. The lowest BCUT2D eigenvalue weighted by molar-refractivity contribution is -0.0987. The molecule has 26 heavy (non-hydrogen) atoms. The van der Waals surface area contributed by atoms with Crippen molar-refractivity contribution in [2.75, 3.05) is 39.4 Å². The predicted octanol–water partition coefficient (Wildman–Crippen LogP) is 2.99. The van der Waals surface area contributed by atoms with E-state index in [4.69, 9.17) is 4.74 Å². The van der Waals surface area contributed by atoms with Gasteiger partial charge in [0, 0.05) is 37.6 Å². The number of morpholine rings is 1. The molecule has 2 aromatic rings. The second-order valence-electron chi connectivity index (χ2n) is 7.64. The molecule has 3 heterocycles. The summed E-state index contributed by atoms with van der Waals surface area (Å²) in [5.74, 6) is 0. The number of piperidine rings is 1. The van der Waals surface area contributed by atoms with Crippen LogP contribution in [0.2, 0.25) is 0 Å². The maximum Gasteiger partial charge on any atom is 0.0652 e. The fourth-order valence-electron chi connectivity index (χ4n) is 4.30. The number of hydrogen-bond acceptors (Lipinski definition) is 4. The molecule has 1 spiro atoms. The molecule has 2 fully saturated rings. The molecule has 0 N–H and O–H groups in total. The van der Waals surface area contributed by atoms with Crippen LogP contribution in [-0.2, 0) is 17.7 Å². The van der Waals surface area contributed by atoms with Crippen LogP contribution in [0.15, 0.2) is 54.9 Å². The third-order valence-electron chi connectivity index (χ3n) is 5.99. The first-order valence-electron chi connectivity index (χ1n) is 9.82. The summed E-state index contributed by atoms with van der Waals surface area (Å²) in [5, 5.41) is 0. The summed E-state index contributed by atoms with van der Waals surface area (Å²) in [6.45, 7) is 7.28. The van der Waals surface area contributed by atoms with Gasteiger partial charge in [-0.3, -0.25) is 9.88 Å². The van der Waals surface area contributed by atoms with Gasteiger partial charge in [-0.25, -0.2) is 0 Å². The lowest BCUT2D eigenvalue weighted by atomic mass is 9.85. The molecular weight excluding hydrogens is 322 g/mol. The Bertz CT molecular complexity index is 668. The first-order chi connectivity index (χ1) is 12.8. The van der Waals surface area contributed by atoms with E-state index in [1.54, 1.807) is 0 Å². The van der Waals surface area contributed by atoms with Crippen molar-refractivity contribution in [2.45, 2.75) is 31.3 Å². The average molecular weight is 351 g/mol. The summed E-state index contributed by atoms with van der Waals surface area (Å²) in [7, 11) is 0. The molecule has 1 aromatic carbocycles. The number of rotatable bonds is 5. The maximum absolute atomic E-state index is 5.93. The van der Waals surface area contributed by atoms with E-state index < -0.39 is 0 Å². The molecule has 0 aliphatic carbocycles. The molecule has 2 saturated heterocycles. The normalized spacial score (nSPS) is 21.1. The highest BCUT2D eigenvalue weighted by Gasteiger charge is 2.41. The zero-order valence-corrected chi connectivity index (χ0v) is 15.5. The highest BCUT2D eigenvalue weighted by Crippen LogP contribution is 2.33. The Morgan fingerprint density at radius 2 is 1.77 bits per heavy atom. The number of likely N-dealkylation sites (tertiary alicyclic amines) is 1. The Balaban J connectivity index is 1.34. The van der Waals surface area contributed by atoms with Crippen LogP contribution in [0.1, 0.15) is 24.0 Å². The van der Waals surface area contributed by atoms with Crippen LogP contribution in [0.5, 0.6) is 0 Å². The van der Waals surface area contributed by atoms with Gasteiger partial charge >= 0.3 is 0 Å². The van der Waals surface area contributed by atoms with Crippen molar-refractivity contribution < 1.29 is 4.74 Å². The van der Waals surface area contributed by atoms with E-state index in [-0.39, 0.29) is 5.54 Å². The van der Waals surface area contributed by atoms with Crippen LogP contribution < -0.4 is 0 Å². The molecule has 138 valence electrons. The average Bonchev–Trinajstić information content (AvgIpc) is 2.71. The van der Waals surface area contributed by atoms with Crippen molar-refractivity contribution in [2.24, 2.45) is 0 Å². The van der Waals surface area contributed by atoms with Crippen molar-refractivity contribution in [3.05, 3.63) is 66.0 Å². The van der Waals surface area contributed by atoms with Crippen molar-refractivity contribution in [3.63, 3.8) is 0 Å². The summed E-state index contributed by atoms with van der Waals surface area (Å²) in [5.41, 5.74) is 2.96. The van der Waals surface area contributed by atoms with Crippen LogP contribution in [0, 0.1) is 0 Å². The van der Waals surface area contributed by atoms with Gasteiger partial charge in [-0.1, -0.05) is 36.4 Å². The highest BCUT2D eigenvalue weighted by molar-refractivity contribution is 5.15. The minimum Gasteiger partial charge on any atom is -0.378 e. The molecule has 0 radical (unpaired) electrons. The number of hydrogen-bond donors (Lipinski definition) is 0. The molecule has 0 saturated carbocycles. The van der Waals surface area contributed by atoms with Crippen LogP contribution in [-0.4, -0.2) is 59.7 Å². The van der Waals surface area contributed by atoms with Gasteiger partial charge in [-0.15, -0.1) is 0 Å². The van der Waals surface area contributed by atoms with Gasteiger partial charge in [-0.05, 0) is 49.5 Å². The lowest BCUT2D eigenvalue weighted by Gasteiger charge is -2.51. The van der Waals surface area contributed by atoms with Crippen LogP contribution in [0.4, 0.5) is 0 Å². The Morgan fingerprint density at radius 1 is 0.962 bits per heavy atom. The fraction of sp³-hybridized carbons (Fsp3) is 0.500. The van der Waals surface area contributed by atoms with E-state index in [9.17, 15) is 0 Å². The van der Waals surface area contributed by atoms with Gasteiger partial charge in [0.1, 0.15) is 0 Å². The van der Waals surface area contributed by atoms with E-state index in [0.717, 1.165) is 52.4 Å². The lowest BCUT2D eigenvalue weighted by Crippen LogP contribution is -2.61. The number of nitrogens with zero attached hydrogens (tertiary/aromatic N) is 3. The van der Waals surface area contributed by atoms with E-state index >= 15 is 0 Å². The zero-order valence-electron chi connectivity index (χ0n) is 15.5. The number of pyridine rings is 1. The van der Waals surface area contributed by atoms with Crippen molar-refractivity contribution in [3.8, 4) is 0 Å². The number of ether oxygens (including phenoxy) is 1. The topological polar surface area (TPSA) is 28.6 Å². The maximum atomic E-state index is 5.93. The van der Waals surface area contributed by atoms with Crippen molar-refractivity contribution >= 4 is 0 Å². The molecule has 4 nitrogen and oxygen atoms in total. The quantitative estimate of drug-likeness (QED) is 0.828. The Labute approximate surface area is 156 Å². The summed E-state index contributed by atoms with van der Waals surface area (Å²) < 4.78 is 5.93. The molecular formula is C22H29N3O. The van der Waals surface area contributed by atoms with E-state index in [0.29, 0.717) is 0 Å². The van der Waals surface area contributed by atoms with Crippen molar-refractivity contribution in [1.29, 1.82) is 0 Å². The van der Waals surface area contributed by atoms with E-state index in [1.165, 1.54) is 24.0 Å². The molecule has 2 aliphatic rings. The highest BCUT2D eigenvalue weighted by atomic mass is 16.5. The molecule has 0 unspecified atom stereocenters. The minimum atomic E-state index is 0.221. The molecule has 2 aliphatic heterocycles. The summed E-state index contributed by atoms with van der Waals surface area (Å²) in [4.78, 5) is 9.51. The molecule has 0 amide bonds. The smallest absolute Gasteiger partial charge is 0.0652 e. The van der Waals surface area contributed by atoms with Gasteiger partial charge in [0.05, 0.1) is 13.2 Å². The van der Waals surface area contributed by atoms with Crippen molar-refractivity contribution in [1.82, 2.24) is 14.8 Å². The van der Waals surface area contributed by atoms with Gasteiger partial charge in [-0.2, -0.15) is 0 Å². The third-order valence-corrected chi connectivity index (χ3v) is 5.99. The first-order valence-corrected chi connectivity index (χ1v) is 9.82. The van der Waals surface area contributed by atoms with Gasteiger partial charge in [0.2, 0.25) is 0 Å². The zero-order chi connectivity index (χ0) is 17.7. The Kier molecular flexibility index (Phi) is 5.63. The molecule has 4 heteroatoms. The number of benzene rings is 1. The monoisotopic (exact) mass is 351 g/mol. The second kappa shape index (κ2) is 8.30. The Hall–Kier alpha value is -1.75. The molecule has 4 rings (SSSR count). The van der Waals surface area contributed by atoms with Crippen LogP contribution in [0.3, 0.4) is 0 Å².